The van der Waals surface area contributed by atoms with Crippen LogP contribution < -0.4 is 37.6 Å². The topological polar surface area (TPSA) is 231 Å². The van der Waals surface area contributed by atoms with Crippen LogP contribution in [-0.2, 0) is 38.7 Å². The molecule has 0 saturated heterocycles. The number of amides is 3. The van der Waals surface area contributed by atoms with E-state index in [1.54, 1.807) is 30.3 Å². The van der Waals surface area contributed by atoms with E-state index in [2.05, 4.69) is 36.8 Å². The summed E-state index contributed by atoms with van der Waals surface area (Å²) in [6, 6.07) is 7.04. The average Bonchev–Trinajstić information content (AvgIpc) is 3.48. The minimum absolute atomic E-state index is 0.101. The number of benzene rings is 1. The summed E-state index contributed by atoms with van der Waals surface area (Å²) >= 11 is 0. The second kappa shape index (κ2) is 12.6. The standard InChI is InChI=1S/C21H26N8O8/c30-15(27-28-19-22-6-7-23-19)8-13-17(32)29(20(35)25-13)10-16(31)24-9-14(18(33)34)26-21(36)37-11-12-4-2-1-3-5-12/h1-5,14,32H,6-11H2,(H,24,31)(H,25,35)(H,26,36)(H,27,30)(H,33,34)(H2,22,23,28)/p-1. The first-order chi connectivity index (χ1) is 17.7. The fraction of sp³-hybridized carbons (Fsp3) is 0.333. The number of ether oxygens (including phenoxy) is 1. The van der Waals surface area contributed by atoms with Crippen molar-refractivity contribution in [2.24, 2.45) is 4.99 Å². The van der Waals surface area contributed by atoms with Gasteiger partial charge in [0.15, 0.2) is 0 Å². The molecule has 1 unspecified atom stereocenters. The molecule has 3 rings (SSSR count). The molecule has 0 fully saturated rings. The van der Waals surface area contributed by atoms with Crippen molar-refractivity contribution in [1.82, 2.24) is 36.4 Å². The Morgan fingerprint density at radius 2 is 1.95 bits per heavy atom. The number of carbonyl (C=O) groups is 4. The summed E-state index contributed by atoms with van der Waals surface area (Å²) in [5, 5.41) is 28.8. The Balaban J connectivity index is 1.48. The third kappa shape index (κ3) is 8.01. The zero-order valence-corrected chi connectivity index (χ0v) is 19.4. The van der Waals surface area contributed by atoms with E-state index < -0.39 is 61.0 Å². The number of carbonyl (C=O) groups excluding carboxylic acids is 4. The fourth-order valence-corrected chi connectivity index (χ4v) is 3.11. The molecule has 1 aromatic carbocycles. The maximum atomic E-state index is 12.3. The number of aliphatic carboxylic acids is 1. The Labute approximate surface area is 209 Å². The second-order valence-electron chi connectivity index (χ2n) is 7.71. The Bertz CT molecular complexity index is 1220. The lowest BCUT2D eigenvalue weighted by Gasteiger charge is -2.20. The molecule has 3 amide bonds. The number of hydrogen-bond donors (Lipinski definition) is 7. The van der Waals surface area contributed by atoms with Crippen LogP contribution in [0.1, 0.15) is 11.3 Å². The molecule has 0 radical (unpaired) electrons. The zero-order chi connectivity index (χ0) is 26.8. The molecule has 0 aliphatic carbocycles. The molecule has 1 atom stereocenters. The molecule has 2 aromatic rings. The van der Waals surface area contributed by atoms with E-state index >= 15 is 0 Å². The maximum Gasteiger partial charge on any atom is 0.408 e. The van der Waals surface area contributed by atoms with Gasteiger partial charge >= 0.3 is 11.8 Å². The van der Waals surface area contributed by atoms with Gasteiger partial charge in [0.25, 0.3) is 0 Å². The number of nitrogens with one attached hydrogen (secondary N) is 6. The van der Waals surface area contributed by atoms with Crippen LogP contribution in [0.4, 0.5) is 4.79 Å². The predicted octanol–water partition coefficient (Wildman–Crippen LogP) is -3.83. The average molecular weight is 517 g/mol. The van der Waals surface area contributed by atoms with E-state index in [0.29, 0.717) is 29.2 Å². The van der Waals surface area contributed by atoms with E-state index in [-0.39, 0.29) is 12.3 Å². The SMILES string of the molecule is O=C(Cn1c(O)c(CC(=O)NNC2=NCCN2)[nH]c1=O)NCC(NC(=O)OCc1ccccc1)C(=O)[O-]. The molecule has 1 aliphatic heterocycles. The highest BCUT2D eigenvalue weighted by molar-refractivity contribution is 5.86. The summed E-state index contributed by atoms with van der Waals surface area (Å²) in [6.07, 6.45) is -1.46. The van der Waals surface area contributed by atoms with Gasteiger partial charge in [0, 0.05) is 13.1 Å². The molecule has 0 saturated carbocycles. The summed E-state index contributed by atoms with van der Waals surface area (Å²) in [5.74, 6) is -3.42. The summed E-state index contributed by atoms with van der Waals surface area (Å²) in [4.78, 5) is 66.0. The molecule has 7 N–H and O–H groups in total. The van der Waals surface area contributed by atoms with Crippen LogP contribution in [0.3, 0.4) is 0 Å². The van der Waals surface area contributed by atoms with Gasteiger partial charge in [-0.25, -0.2) is 9.59 Å². The van der Waals surface area contributed by atoms with E-state index in [1.165, 1.54) is 0 Å². The number of guanidine groups is 1. The third-order valence-corrected chi connectivity index (χ3v) is 4.95. The van der Waals surface area contributed by atoms with Gasteiger partial charge in [0.1, 0.15) is 13.2 Å². The first-order valence-electron chi connectivity index (χ1n) is 11.0. The van der Waals surface area contributed by atoms with E-state index in [1.807, 2.05) is 0 Å². The van der Waals surface area contributed by atoms with Gasteiger partial charge in [-0.1, -0.05) is 30.3 Å². The molecule has 0 spiro atoms. The van der Waals surface area contributed by atoms with Crippen molar-refractivity contribution in [2.45, 2.75) is 25.6 Å². The van der Waals surface area contributed by atoms with Crippen molar-refractivity contribution < 1.29 is 34.1 Å². The highest BCUT2D eigenvalue weighted by Crippen LogP contribution is 2.12. The van der Waals surface area contributed by atoms with Crippen molar-refractivity contribution in [1.29, 1.82) is 0 Å². The van der Waals surface area contributed by atoms with Gasteiger partial charge in [-0.3, -0.25) is 30.0 Å². The fourth-order valence-electron chi connectivity index (χ4n) is 3.11. The van der Waals surface area contributed by atoms with Crippen molar-refractivity contribution in [3.8, 4) is 5.88 Å². The van der Waals surface area contributed by atoms with Gasteiger partial charge in [0.05, 0.1) is 30.7 Å². The van der Waals surface area contributed by atoms with Crippen LogP contribution in [0.15, 0.2) is 40.1 Å². The summed E-state index contributed by atoms with van der Waals surface area (Å²) in [7, 11) is 0. The van der Waals surface area contributed by atoms with E-state index in [0.717, 1.165) is 0 Å². The quantitative estimate of drug-likeness (QED) is 0.152. The number of rotatable bonds is 10. The Morgan fingerprint density at radius 1 is 1.19 bits per heavy atom. The second-order valence-corrected chi connectivity index (χ2v) is 7.71. The van der Waals surface area contributed by atoms with Crippen molar-refractivity contribution in [2.75, 3.05) is 19.6 Å². The van der Waals surface area contributed by atoms with Gasteiger partial charge in [-0.05, 0) is 5.56 Å². The van der Waals surface area contributed by atoms with E-state index in [4.69, 9.17) is 4.74 Å². The molecule has 1 aliphatic rings. The minimum atomic E-state index is -1.68. The van der Waals surface area contributed by atoms with Crippen molar-refractivity contribution in [3.05, 3.63) is 52.1 Å². The minimum Gasteiger partial charge on any atom is -0.548 e. The lowest BCUT2D eigenvalue weighted by atomic mass is 10.2. The first-order valence-corrected chi connectivity index (χ1v) is 11.0. The number of alkyl carbamates (subject to hydrolysis) is 1. The highest BCUT2D eigenvalue weighted by atomic mass is 16.5. The normalized spacial score (nSPS) is 13.0. The Hall–Kier alpha value is -5.02. The summed E-state index contributed by atoms with van der Waals surface area (Å²) < 4.78 is 5.60. The maximum absolute atomic E-state index is 12.3. The number of hydrogen-bond acceptors (Lipinski definition) is 11. The number of aliphatic imine (C=N–C) groups is 1. The smallest absolute Gasteiger partial charge is 0.408 e. The summed E-state index contributed by atoms with van der Waals surface area (Å²) in [6.45, 7) is -0.207. The Kier molecular flexibility index (Phi) is 9.06. The van der Waals surface area contributed by atoms with Crippen LogP contribution in [0, 0.1) is 0 Å². The number of aromatic amines is 1. The van der Waals surface area contributed by atoms with Crippen LogP contribution >= 0.6 is 0 Å². The molecule has 1 aromatic heterocycles. The molecule has 37 heavy (non-hydrogen) atoms. The number of nitrogens with zero attached hydrogens (tertiary/aromatic N) is 2. The van der Waals surface area contributed by atoms with Gasteiger partial charge in [-0.2, -0.15) is 0 Å². The third-order valence-electron chi connectivity index (χ3n) is 4.95. The number of imidazole rings is 1. The van der Waals surface area contributed by atoms with Crippen molar-refractivity contribution in [3.63, 3.8) is 0 Å². The van der Waals surface area contributed by atoms with E-state index in [9.17, 15) is 34.2 Å². The number of carboxylic acid groups (broad SMARTS) is 1. The first kappa shape index (κ1) is 26.6. The molecule has 2 heterocycles. The van der Waals surface area contributed by atoms with Crippen LogP contribution in [0.5, 0.6) is 5.88 Å². The monoisotopic (exact) mass is 517 g/mol. The summed E-state index contributed by atoms with van der Waals surface area (Å²) in [5.41, 5.74) is 4.55. The molecule has 16 heteroatoms. The highest BCUT2D eigenvalue weighted by Gasteiger charge is 2.20. The molecule has 198 valence electrons. The number of H-pyrrole nitrogens is 1. The van der Waals surface area contributed by atoms with Crippen LogP contribution in [0.25, 0.3) is 0 Å². The molecular weight excluding hydrogens is 492 g/mol. The number of carboxylic acids is 1. The largest absolute Gasteiger partial charge is 0.548 e. The van der Waals surface area contributed by atoms with Gasteiger partial charge in [0.2, 0.25) is 23.7 Å². The lowest BCUT2D eigenvalue weighted by Crippen LogP contribution is -2.54. The molecule has 16 nitrogen and oxygen atoms in total. The number of aromatic hydroxyl groups is 1. The predicted molar refractivity (Wildman–Crippen MR) is 124 cm³/mol. The molecular formula is C21H25N8O8-. The van der Waals surface area contributed by atoms with Gasteiger partial charge < -0.3 is 40.7 Å². The van der Waals surface area contributed by atoms with Crippen molar-refractivity contribution >= 4 is 29.8 Å². The lowest BCUT2D eigenvalue weighted by molar-refractivity contribution is -0.308. The number of aromatic nitrogens is 2. The van der Waals surface area contributed by atoms with Crippen LogP contribution in [-0.4, -0.2) is 70.2 Å². The van der Waals surface area contributed by atoms with Gasteiger partial charge in [-0.15, -0.1) is 0 Å². The Morgan fingerprint density at radius 3 is 2.62 bits per heavy atom. The van der Waals surface area contributed by atoms with Crippen LogP contribution in [0.2, 0.25) is 0 Å². The molecule has 0 bridgehead atoms. The number of hydrazine groups is 1. The zero-order valence-electron chi connectivity index (χ0n) is 19.4.